The highest BCUT2D eigenvalue weighted by Gasteiger charge is 2.41. The van der Waals surface area contributed by atoms with E-state index in [1.54, 1.807) is 0 Å². The molecule has 0 aromatic rings. The molecule has 1 saturated carbocycles. The third-order valence-electron chi connectivity index (χ3n) is 5.18. The van der Waals surface area contributed by atoms with Gasteiger partial charge in [0.15, 0.2) is 9.84 Å². The van der Waals surface area contributed by atoms with Gasteiger partial charge < -0.3 is 0 Å². The lowest BCUT2D eigenvalue weighted by Gasteiger charge is -2.41. The van der Waals surface area contributed by atoms with E-state index < -0.39 is 9.84 Å². The Labute approximate surface area is 117 Å². The fourth-order valence-corrected chi connectivity index (χ4v) is 6.27. The Bertz CT molecular complexity index is 383. The second kappa shape index (κ2) is 6.55. The van der Waals surface area contributed by atoms with E-state index in [1.165, 1.54) is 19.3 Å². The van der Waals surface area contributed by atoms with Crippen LogP contribution >= 0.6 is 0 Å². The quantitative estimate of drug-likeness (QED) is 0.613. The van der Waals surface area contributed by atoms with Gasteiger partial charge in [-0.05, 0) is 31.1 Å². The molecule has 1 aliphatic heterocycles. The molecule has 5 heteroatoms. The minimum Gasteiger partial charge on any atom is -0.271 e. The van der Waals surface area contributed by atoms with E-state index in [-0.39, 0.29) is 11.3 Å². The van der Waals surface area contributed by atoms with Crippen molar-refractivity contribution >= 4 is 9.84 Å². The lowest BCUT2D eigenvalue weighted by Crippen LogP contribution is -2.55. The molecule has 1 saturated heterocycles. The first kappa shape index (κ1) is 15.3. The highest BCUT2D eigenvalue weighted by Crippen LogP contribution is 2.38. The topological polar surface area (TPSA) is 72.2 Å². The smallest absolute Gasteiger partial charge is 0.154 e. The van der Waals surface area contributed by atoms with Crippen molar-refractivity contribution in [2.24, 2.45) is 17.7 Å². The van der Waals surface area contributed by atoms with Gasteiger partial charge in [0.25, 0.3) is 0 Å². The van der Waals surface area contributed by atoms with Crippen LogP contribution in [0.5, 0.6) is 0 Å². The summed E-state index contributed by atoms with van der Waals surface area (Å²) in [5, 5.41) is -0.261. The number of sulfone groups is 1. The second-order valence-electron chi connectivity index (χ2n) is 6.21. The van der Waals surface area contributed by atoms with Gasteiger partial charge in [-0.3, -0.25) is 11.3 Å². The summed E-state index contributed by atoms with van der Waals surface area (Å²) in [6, 6.07) is -0.0458. The van der Waals surface area contributed by atoms with Gasteiger partial charge in [-0.25, -0.2) is 8.42 Å². The second-order valence-corrected chi connectivity index (χ2v) is 8.55. The molecule has 4 atom stereocenters. The van der Waals surface area contributed by atoms with Crippen molar-refractivity contribution < 1.29 is 8.42 Å². The molecule has 0 spiro atoms. The molecular formula is C14H28N2O2S. The van der Waals surface area contributed by atoms with Crippen LogP contribution in [0.2, 0.25) is 0 Å². The van der Waals surface area contributed by atoms with E-state index >= 15 is 0 Å². The molecule has 0 amide bonds. The summed E-state index contributed by atoms with van der Waals surface area (Å²) in [5.74, 6) is 7.17. The van der Waals surface area contributed by atoms with Crippen LogP contribution in [0.3, 0.4) is 0 Å². The van der Waals surface area contributed by atoms with Gasteiger partial charge in [-0.1, -0.05) is 39.0 Å². The molecule has 2 rings (SSSR count). The average molecular weight is 288 g/mol. The van der Waals surface area contributed by atoms with E-state index in [0.717, 1.165) is 32.1 Å². The van der Waals surface area contributed by atoms with Gasteiger partial charge in [-0.15, -0.1) is 0 Å². The largest absolute Gasteiger partial charge is 0.271 e. The number of nitrogens with two attached hydrogens (primary N) is 1. The lowest BCUT2D eigenvalue weighted by molar-refractivity contribution is 0.167. The van der Waals surface area contributed by atoms with Gasteiger partial charge in [-0.2, -0.15) is 0 Å². The molecule has 112 valence electrons. The molecule has 2 aliphatic rings. The van der Waals surface area contributed by atoms with Crippen LogP contribution in [-0.2, 0) is 9.84 Å². The van der Waals surface area contributed by atoms with Gasteiger partial charge in [0.1, 0.15) is 0 Å². The highest BCUT2D eigenvalue weighted by molar-refractivity contribution is 7.92. The zero-order valence-electron chi connectivity index (χ0n) is 12.0. The average Bonchev–Trinajstić information content (AvgIpc) is 2.41. The van der Waals surface area contributed by atoms with Crippen LogP contribution in [-0.4, -0.2) is 25.5 Å². The number of hydrogen-bond acceptors (Lipinski definition) is 4. The van der Waals surface area contributed by atoms with E-state index in [2.05, 4.69) is 12.3 Å². The van der Waals surface area contributed by atoms with Crippen LogP contribution in [0.25, 0.3) is 0 Å². The molecule has 4 nitrogen and oxygen atoms in total. The Morgan fingerprint density at radius 2 is 1.84 bits per heavy atom. The minimum atomic E-state index is -2.96. The predicted molar refractivity (Wildman–Crippen MR) is 78.3 cm³/mol. The predicted octanol–water partition coefficient (Wildman–Crippen LogP) is 2.00. The maximum atomic E-state index is 12.3. The Kier molecular flexibility index (Phi) is 5.26. The van der Waals surface area contributed by atoms with E-state index in [9.17, 15) is 8.42 Å². The first-order chi connectivity index (χ1) is 9.10. The molecule has 0 aromatic carbocycles. The van der Waals surface area contributed by atoms with E-state index in [4.69, 9.17) is 5.84 Å². The fraction of sp³-hybridized carbons (Fsp3) is 1.00. The van der Waals surface area contributed by atoms with Crippen LogP contribution in [0.15, 0.2) is 0 Å². The monoisotopic (exact) mass is 288 g/mol. The summed E-state index contributed by atoms with van der Waals surface area (Å²) in [6.45, 7) is 2.21. The molecule has 19 heavy (non-hydrogen) atoms. The summed E-state index contributed by atoms with van der Waals surface area (Å²) in [6.07, 6.45) is 8.60. The molecule has 1 heterocycles. The van der Waals surface area contributed by atoms with Crippen LogP contribution in [0, 0.1) is 11.8 Å². The Hall–Kier alpha value is -0.130. The highest BCUT2D eigenvalue weighted by atomic mass is 32.2. The van der Waals surface area contributed by atoms with Crippen molar-refractivity contribution in [2.45, 2.75) is 69.6 Å². The van der Waals surface area contributed by atoms with Crippen molar-refractivity contribution in [2.75, 3.05) is 5.75 Å². The summed E-state index contributed by atoms with van der Waals surface area (Å²) < 4.78 is 24.6. The summed E-state index contributed by atoms with van der Waals surface area (Å²) in [5.41, 5.74) is 2.88. The molecule has 0 radical (unpaired) electrons. The van der Waals surface area contributed by atoms with Gasteiger partial charge >= 0.3 is 0 Å². The molecule has 1 aliphatic carbocycles. The van der Waals surface area contributed by atoms with Gasteiger partial charge in [0.2, 0.25) is 0 Å². The van der Waals surface area contributed by atoms with Crippen LogP contribution in [0.1, 0.15) is 58.3 Å². The molecule has 4 unspecified atom stereocenters. The zero-order chi connectivity index (χ0) is 13.9. The lowest BCUT2D eigenvalue weighted by atomic mass is 9.73. The van der Waals surface area contributed by atoms with Crippen LogP contribution in [0.4, 0.5) is 0 Å². The first-order valence-corrected chi connectivity index (χ1v) is 9.49. The number of rotatable bonds is 4. The SMILES string of the molecule is CCC1CCCCC1C(NN)C1CCCCS1(=O)=O. The maximum absolute atomic E-state index is 12.3. The zero-order valence-corrected chi connectivity index (χ0v) is 12.8. The molecule has 2 fully saturated rings. The first-order valence-electron chi connectivity index (χ1n) is 7.78. The molecule has 0 aromatic heterocycles. The summed E-state index contributed by atoms with van der Waals surface area (Å²) >= 11 is 0. The maximum Gasteiger partial charge on any atom is 0.154 e. The third kappa shape index (κ3) is 3.31. The number of hydrazine groups is 1. The molecule has 3 N–H and O–H groups in total. The van der Waals surface area contributed by atoms with Crippen LogP contribution < -0.4 is 11.3 Å². The van der Waals surface area contributed by atoms with Crippen molar-refractivity contribution in [1.29, 1.82) is 0 Å². The van der Waals surface area contributed by atoms with E-state index in [1.807, 2.05) is 0 Å². The van der Waals surface area contributed by atoms with Crippen molar-refractivity contribution in [3.05, 3.63) is 0 Å². The normalized spacial score (nSPS) is 36.8. The van der Waals surface area contributed by atoms with Crippen molar-refractivity contribution in [3.8, 4) is 0 Å². The van der Waals surface area contributed by atoms with Crippen molar-refractivity contribution in [1.82, 2.24) is 5.43 Å². The Morgan fingerprint density at radius 1 is 1.16 bits per heavy atom. The number of hydrogen-bond donors (Lipinski definition) is 2. The number of nitrogens with one attached hydrogen (secondary N) is 1. The minimum absolute atomic E-state index is 0.0458. The molecular weight excluding hydrogens is 260 g/mol. The fourth-order valence-electron chi connectivity index (χ4n) is 4.11. The molecule has 0 bridgehead atoms. The Balaban J connectivity index is 2.17. The Morgan fingerprint density at radius 3 is 2.47 bits per heavy atom. The summed E-state index contributed by atoms with van der Waals surface area (Å²) in [4.78, 5) is 0. The standard InChI is InChI=1S/C14H28N2O2S/c1-2-11-7-3-4-8-12(11)14(16-15)13-9-5-6-10-19(13,17)18/h11-14,16H,2-10,15H2,1H3. The van der Waals surface area contributed by atoms with Gasteiger partial charge in [0.05, 0.1) is 11.0 Å². The van der Waals surface area contributed by atoms with E-state index in [0.29, 0.717) is 17.6 Å². The summed E-state index contributed by atoms with van der Waals surface area (Å²) in [7, 11) is -2.96. The third-order valence-corrected chi connectivity index (χ3v) is 7.48. The van der Waals surface area contributed by atoms with Gasteiger partial charge in [0, 0.05) is 6.04 Å². The van der Waals surface area contributed by atoms with Crippen molar-refractivity contribution in [3.63, 3.8) is 0 Å².